The van der Waals surface area contributed by atoms with Crippen LogP contribution in [0.5, 0.6) is 5.75 Å². The van der Waals surface area contributed by atoms with E-state index in [0.29, 0.717) is 0 Å². The fraction of sp³-hybridized carbons (Fsp3) is 0.385. The molecule has 0 amide bonds. The zero-order valence-electron chi connectivity index (χ0n) is 10.3. The second-order valence-electron chi connectivity index (χ2n) is 4.56. The zero-order valence-corrected chi connectivity index (χ0v) is 10.3. The van der Waals surface area contributed by atoms with Crippen molar-refractivity contribution < 1.29 is 4.74 Å². The zero-order chi connectivity index (χ0) is 12.5. The molecule has 1 aliphatic rings. The topological polar surface area (TPSA) is 66.0 Å². The van der Waals surface area contributed by atoms with Gasteiger partial charge in [0.05, 0.1) is 7.11 Å². The van der Waals surface area contributed by atoms with Crippen molar-refractivity contribution in [2.45, 2.75) is 25.4 Å². The Morgan fingerprint density at radius 1 is 1.44 bits per heavy atom. The van der Waals surface area contributed by atoms with Crippen molar-refractivity contribution in [1.29, 1.82) is 0 Å². The maximum Gasteiger partial charge on any atom is 0.181 e. The van der Waals surface area contributed by atoms with E-state index in [-0.39, 0.29) is 6.04 Å². The molecule has 94 valence electrons. The van der Waals surface area contributed by atoms with E-state index in [2.05, 4.69) is 10.1 Å². The van der Waals surface area contributed by atoms with E-state index in [0.717, 1.165) is 42.3 Å². The van der Waals surface area contributed by atoms with Crippen LogP contribution in [0.4, 0.5) is 0 Å². The highest BCUT2D eigenvalue weighted by Crippen LogP contribution is 2.22. The molecule has 18 heavy (non-hydrogen) atoms. The summed E-state index contributed by atoms with van der Waals surface area (Å²) < 4.78 is 7.17. The first kappa shape index (κ1) is 11.2. The molecule has 0 saturated carbocycles. The first-order valence-corrected chi connectivity index (χ1v) is 6.10. The van der Waals surface area contributed by atoms with Gasteiger partial charge in [0.15, 0.2) is 5.82 Å². The van der Waals surface area contributed by atoms with Crippen LogP contribution >= 0.6 is 0 Å². The van der Waals surface area contributed by atoms with E-state index in [1.165, 1.54) is 0 Å². The van der Waals surface area contributed by atoms with Crippen molar-refractivity contribution in [3.05, 3.63) is 30.1 Å². The number of benzene rings is 1. The van der Waals surface area contributed by atoms with E-state index in [1.807, 2.05) is 28.9 Å². The van der Waals surface area contributed by atoms with Gasteiger partial charge in [-0.25, -0.2) is 9.67 Å². The minimum atomic E-state index is 0.208. The van der Waals surface area contributed by atoms with Crippen molar-refractivity contribution in [3.8, 4) is 17.1 Å². The third-order valence-corrected chi connectivity index (χ3v) is 3.23. The van der Waals surface area contributed by atoms with Gasteiger partial charge in [-0.2, -0.15) is 5.10 Å². The summed E-state index contributed by atoms with van der Waals surface area (Å²) in [5.74, 6) is 2.54. The first-order chi connectivity index (χ1) is 8.76. The normalized spacial score (nSPS) is 18.4. The maximum absolute atomic E-state index is 5.94. The van der Waals surface area contributed by atoms with Crippen LogP contribution in [0.3, 0.4) is 0 Å². The van der Waals surface area contributed by atoms with Crippen LogP contribution in [0.2, 0.25) is 0 Å². The molecule has 5 nitrogen and oxygen atoms in total. The maximum atomic E-state index is 5.94. The number of fused-ring (bicyclic) bond motifs is 1. The second kappa shape index (κ2) is 4.42. The van der Waals surface area contributed by atoms with Gasteiger partial charge in [-0.3, -0.25) is 0 Å². The number of rotatable bonds is 2. The smallest absolute Gasteiger partial charge is 0.181 e. The average molecular weight is 244 g/mol. The Morgan fingerprint density at radius 3 is 3.17 bits per heavy atom. The van der Waals surface area contributed by atoms with Gasteiger partial charge in [0.2, 0.25) is 0 Å². The van der Waals surface area contributed by atoms with E-state index < -0.39 is 0 Å². The van der Waals surface area contributed by atoms with E-state index in [9.17, 15) is 0 Å². The molecule has 1 atom stereocenters. The van der Waals surface area contributed by atoms with Crippen LogP contribution in [0, 0.1) is 0 Å². The average Bonchev–Trinajstić information content (AvgIpc) is 2.81. The monoisotopic (exact) mass is 244 g/mol. The Labute approximate surface area is 106 Å². The number of aromatic nitrogens is 3. The van der Waals surface area contributed by atoms with Gasteiger partial charge in [-0.05, 0) is 18.6 Å². The first-order valence-electron chi connectivity index (χ1n) is 6.10. The fourth-order valence-corrected chi connectivity index (χ4v) is 2.21. The Hall–Kier alpha value is -1.88. The third-order valence-electron chi connectivity index (χ3n) is 3.23. The van der Waals surface area contributed by atoms with Gasteiger partial charge >= 0.3 is 0 Å². The molecule has 0 spiro atoms. The van der Waals surface area contributed by atoms with E-state index >= 15 is 0 Å². The minimum absolute atomic E-state index is 0.208. The predicted octanol–water partition coefficient (Wildman–Crippen LogP) is 1.23. The molecule has 1 aromatic heterocycles. The molecule has 2 heterocycles. The molecule has 0 saturated heterocycles. The van der Waals surface area contributed by atoms with Crippen LogP contribution in [-0.4, -0.2) is 27.9 Å². The highest BCUT2D eigenvalue weighted by atomic mass is 16.5. The molecule has 1 aromatic carbocycles. The Bertz CT molecular complexity index is 564. The van der Waals surface area contributed by atoms with E-state index in [4.69, 9.17) is 10.5 Å². The van der Waals surface area contributed by atoms with Gasteiger partial charge in [0.25, 0.3) is 0 Å². The van der Waals surface area contributed by atoms with Gasteiger partial charge in [-0.1, -0.05) is 12.1 Å². The van der Waals surface area contributed by atoms with Crippen LogP contribution in [0.1, 0.15) is 12.2 Å². The lowest BCUT2D eigenvalue weighted by molar-refractivity contribution is 0.415. The minimum Gasteiger partial charge on any atom is -0.497 e. The molecule has 0 fully saturated rings. The van der Waals surface area contributed by atoms with Gasteiger partial charge in [-0.15, -0.1) is 0 Å². The molecule has 2 N–H and O–H groups in total. The molecule has 1 aliphatic heterocycles. The Kier molecular flexibility index (Phi) is 2.76. The number of methoxy groups -OCH3 is 1. The molecule has 3 rings (SSSR count). The summed E-state index contributed by atoms with van der Waals surface area (Å²) in [7, 11) is 1.66. The van der Waals surface area contributed by atoms with Crippen molar-refractivity contribution in [2.75, 3.05) is 7.11 Å². The summed E-state index contributed by atoms with van der Waals surface area (Å²) in [5, 5.41) is 4.53. The summed E-state index contributed by atoms with van der Waals surface area (Å²) in [6.07, 6.45) is 1.77. The summed E-state index contributed by atoms with van der Waals surface area (Å²) in [6.45, 7) is 0.855. The standard InChI is InChI=1S/C13H16N4O/c1-18-11-4-2-3-9(7-11)13-15-12-8-10(14)5-6-17(12)16-13/h2-4,7,10H,5-6,8,14H2,1H3. The van der Waals surface area contributed by atoms with Crippen molar-refractivity contribution in [2.24, 2.45) is 5.73 Å². The number of ether oxygens (including phenoxy) is 1. The quantitative estimate of drug-likeness (QED) is 0.862. The van der Waals surface area contributed by atoms with Crippen LogP contribution < -0.4 is 10.5 Å². The van der Waals surface area contributed by atoms with Gasteiger partial charge < -0.3 is 10.5 Å². The largest absolute Gasteiger partial charge is 0.497 e. The lowest BCUT2D eigenvalue weighted by Gasteiger charge is -2.17. The van der Waals surface area contributed by atoms with Crippen LogP contribution in [0.25, 0.3) is 11.4 Å². The number of nitrogens with two attached hydrogens (primary N) is 1. The SMILES string of the molecule is COc1cccc(-c2nc3n(n2)CCC(N)C3)c1. The van der Waals surface area contributed by atoms with Gasteiger partial charge in [0, 0.05) is 24.6 Å². The highest BCUT2D eigenvalue weighted by Gasteiger charge is 2.19. The molecule has 0 bridgehead atoms. The summed E-state index contributed by atoms with van der Waals surface area (Å²) in [4.78, 5) is 4.56. The predicted molar refractivity (Wildman–Crippen MR) is 68.3 cm³/mol. The van der Waals surface area contributed by atoms with Gasteiger partial charge in [0.1, 0.15) is 11.6 Å². The number of aryl methyl sites for hydroxylation is 1. The second-order valence-corrected chi connectivity index (χ2v) is 4.56. The molecule has 0 aliphatic carbocycles. The third kappa shape index (κ3) is 1.97. The number of nitrogens with zero attached hydrogens (tertiary/aromatic N) is 3. The molecule has 0 radical (unpaired) electrons. The summed E-state index contributed by atoms with van der Waals surface area (Å²) in [5.41, 5.74) is 6.92. The van der Waals surface area contributed by atoms with Crippen molar-refractivity contribution >= 4 is 0 Å². The molecular weight excluding hydrogens is 228 g/mol. The Morgan fingerprint density at radius 2 is 2.33 bits per heavy atom. The summed E-state index contributed by atoms with van der Waals surface area (Å²) >= 11 is 0. The fourth-order valence-electron chi connectivity index (χ4n) is 2.21. The summed E-state index contributed by atoms with van der Waals surface area (Å²) in [6, 6.07) is 8.00. The Balaban J connectivity index is 1.97. The molecule has 2 aromatic rings. The van der Waals surface area contributed by atoms with Crippen LogP contribution in [-0.2, 0) is 13.0 Å². The lowest BCUT2D eigenvalue weighted by atomic mass is 10.1. The highest BCUT2D eigenvalue weighted by molar-refractivity contribution is 5.57. The number of hydrogen-bond donors (Lipinski definition) is 1. The lowest BCUT2D eigenvalue weighted by Crippen LogP contribution is -2.31. The molecule has 5 heteroatoms. The van der Waals surface area contributed by atoms with E-state index in [1.54, 1.807) is 7.11 Å². The molecular formula is C13H16N4O. The van der Waals surface area contributed by atoms with Crippen LogP contribution in [0.15, 0.2) is 24.3 Å². The number of hydrogen-bond acceptors (Lipinski definition) is 4. The van der Waals surface area contributed by atoms with Crippen molar-refractivity contribution in [3.63, 3.8) is 0 Å². The molecule has 1 unspecified atom stereocenters. The van der Waals surface area contributed by atoms with Crippen molar-refractivity contribution in [1.82, 2.24) is 14.8 Å².